The maximum absolute atomic E-state index is 3.51. The van der Waals surface area contributed by atoms with Gasteiger partial charge in [0.15, 0.2) is 0 Å². The monoisotopic (exact) mass is 185 g/mol. The first-order valence-electron chi connectivity index (χ1n) is 3.22. The zero-order valence-electron chi connectivity index (χ0n) is 5.52. The molecule has 0 nitrogen and oxygen atoms in total. The van der Waals surface area contributed by atoms with Gasteiger partial charge >= 0.3 is 0 Å². The predicted octanol–water partition coefficient (Wildman–Crippen LogP) is 3.21. The fraction of sp³-hybridized carbons (Fsp3) is 0.375. The van der Waals surface area contributed by atoms with E-state index in [4.69, 9.17) is 0 Å². The van der Waals surface area contributed by atoms with E-state index < -0.39 is 0 Å². The molecule has 0 heterocycles. The molecule has 0 bridgehead atoms. The zero-order valence-corrected chi connectivity index (χ0v) is 7.11. The van der Waals surface area contributed by atoms with E-state index in [1.807, 2.05) is 0 Å². The Labute approximate surface area is 64.8 Å². The van der Waals surface area contributed by atoms with Gasteiger partial charge in [0.1, 0.15) is 0 Å². The van der Waals surface area contributed by atoms with Crippen LogP contribution in [0.3, 0.4) is 0 Å². The van der Waals surface area contributed by atoms with Gasteiger partial charge in [0, 0.05) is 0 Å². The van der Waals surface area contributed by atoms with Crippen LogP contribution in [0.4, 0.5) is 0 Å². The fourth-order valence-corrected chi connectivity index (χ4v) is 1.49. The Balaban J connectivity index is 2.72. The van der Waals surface area contributed by atoms with Gasteiger partial charge in [-0.2, -0.15) is 0 Å². The highest BCUT2D eigenvalue weighted by Crippen LogP contribution is 2.24. The summed E-state index contributed by atoms with van der Waals surface area (Å²) in [6, 6.07) is 0. The maximum atomic E-state index is 3.51. The average molecular weight is 186 g/mol. The van der Waals surface area contributed by atoms with Gasteiger partial charge in [0.05, 0.1) is 0 Å². The van der Waals surface area contributed by atoms with Crippen LogP contribution in [0.1, 0.15) is 19.8 Å². The van der Waals surface area contributed by atoms with Gasteiger partial charge in [0.25, 0.3) is 0 Å². The lowest BCUT2D eigenvalue weighted by molar-refractivity contribution is 1.08. The van der Waals surface area contributed by atoms with Gasteiger partial charge in [-0.25, -0.2) is 0 Å². The minimum atomic E-state index is 1.07. The van der Waals surface area contributed by atoms with Crippen molar-refractivity contribution in [2.75, 3.05) is 0 Å². The van der Waals surface area contributed by atoms with Gasteiger partial charge in [0.2, 0.25) is 0 Å². The molecule has 0 atom stereocenters. The van der Waals surface area contributed by atoms with Crippen LogP contribution in [0.2, 0.25) is 0 Å². The summed E-state index contributed by atoms with van der Waals surface area (Å²) in [5, 5.41) is 0. The summed E-state index contributed by atoms with van der Waals surface area (Å²) in [5.41, 5.74) is 1.43. The van der Waals surface area contributed by atoms with Crippen molar-refractivity contribution >= 4 is 15.9 Å². The molecule has 0 saturated heterocycles. The zero-order chi connectivity index (χ0) is 6.69. The highest BCUT2D eigenvalue weighted by Gasteiger charge is 2.01. The van der Waals surface area contributed by atoms with E-state index >= 15 is 0 Å². The summed E-state index contributed by atoms with van der Waals surface area (Å²) in [6.45, 7) is 2.17. The van der Waals surface area contributed by atoms with Crippen LogP contribution in [-0.2, 0) is 0 Å². The molecule has 0 saturated carbocycles. The molecule has 1 radical (unpaired) electrons. The van der Waals surface area contributed by atoms with Gasteiger partial charge < -0.3 is 0 Å². The maximum Gasteiger partial charge on any atom is -0.00115 e. The summed E-state index contributed by atoms with van der Waals surface area (Å²) >= 11 is 3.51. The molecule has 49 valence electrons. The second kappa shape index (κ2) is 3.21. The molecule has 9 heavy (non-hydrogen) atoms. The Hall–Kier alpha value is -0.0400. The first-order chi connectivity index (χ1) is 4.34. The van der Waals surface area contributed by atoms with Crippen molar-refractivity contribution in [2.45, 2.75) is 19.8 Å². The fourth-order valence-electron chi connectivity index (χ4n) is 0.887. The van der Waals surface area contributed by atoms with Crippen LogP contribution < -0.4 is 0 Å². The van der Waals surface area contributed by atoms with E-state index in [-0.39, 0.29) is 0 Å². The van der Waals surface area contributed by atoms with E-state index in [0.29, 0.717) is 0 Å². The molecule has 1 heteroatoms. The molecule has 0 unspecified atom stereocenters. The molecule has 1 aliphatic rings. The van der Waals surface area contributed by atoms with Crippen molar-refractivity contribution in [3.63, 3.8) is 0 Å². The molecule has 0 N–H and O–H groups in total. The van der Waals surface area contributed by atoms with E-state index in [1.165, 1.54) is 10.1 Å². The first kappa shape index (κ1) is 7.07. The van der Waals surface area contributed by atoms with Crippen LogP contribution >= 0.6 is 15.9 Å². The van der Waals surface area contributed by atoms with Crippen molar-refractivity contribution in [3.8, 4) is 0 Å². The van der Waals surface area contributed by atoms with Gasteiger partial charge in [-0.05, 0) is 29.3 Å². The van der Waals surface area contributed by atoms with Gasteiger partial charge in [-0.3, -0.25) is 0 Å². The summed E-state index contributed by atoms with van der Waals surface area (Å²) in [4.78, 5) is 0. The van der Waals surface area contributed by atoms with Crippen LogP contribution in [-0.4, -0.2) is 0 Å². The minimum Gasteiger partial charge on any atom is -0.0802 e. The molecule has 1 rings (SSSR count). The summed E-state index contributed by atoms with van der Waals surface area (Å²) in [7, 11) is 0. The van der Waals surface area contributed by atoms with E-state index in [1.54, 1.807) is 0 Å². The van der Waals surface area contributed by atoms with Gasteiger partial charge in [-0.1, -0.05) is 35.0 Å². The van der Waals surface area contributed by atoms with Crippen LogP contribution in [0.5, 0.6) is 0 Å². The number of allylic oxidation sites excluding steroid dienone is 4. The number of halogens is 1. The topological polar surface area (TPSA) is 0 Å². The van der Waals surface area contributed by atoms with E-state index in [0.717, 1.165) is 12.8 Å². The van der Waals surface area contributed by atoms with E-state index in [2.05, 4.69) is 41.4 Å². The van der Waals surface area contributed by atoms with Crippen LogP contribution in [0.25, 0.3) is 0 Å². The molecular formula is C8H10Br. The predicted molar refractivity (Wildman–Crippen MR) is 44.3 cm³/mol. The lowest BCUT2D eigenvalue weighted by Gasteiger charge is -2.07. The molecule has 0 aliphatic heterocycles. The third-order valence-corrected chi connectivity index (χ3v) is 2.29. The summed E-state index contributed by atoms with van der Waals surface area (Å²) in [5.74, 6) is 0. The molecular weight excluding hydrogens is 176 g/mol. The second-order valence-electron chi connectivity index (χ2n) is 2.08. The minimum absolute atomic E-state index is 1.07. The molecule has 0 amide bonds. The van der Waals surface area contributed by atoms with Crippen LogP contribution in [0.15, 0.2) is 22.2 Å². The Morgan fingerprint density at radius 1 is 1.67 bits per heavy atom. The lowest BCUT2D eigenvalue weighted by Crippen LogP contribution is -1.87. The van der Waals surface area contributed by atoms with E-state index in [9.17, 15) is 0 Å². The summed E-state index contributed by atoms with van der Waals surface area (Å²) in [6.07, 6.45) is 8.63. The first-order valence-corrected chi connectivity index (χ1v) is 4.01. The molecule has 0 aromatic carbocycles. The largest absolute Gasteiger partial charge is 0.0802 e. The second-order valence-corrected chi connectivity index (χ2v) is 3.04. The molecule has 0 spiro atoms. The third kappa shape index (κ3) is 1.68. The molecule has 0 aromatic heterocycles. The van der Waals surface area contributed by atoms with Crippen molar-refractivity contribution in [1.82, 2.24) is 0 Å². The molecule has 0 aromatic rings. The highest BCUT2D eigenvalue weighted by atomic mass is 79.9. The number of hydrogen-bond acceptors (Lipinski definition) is 0. The van der Waals surface area contributed by atoms with Crippen molar-refractivity contribution in [1.29, 1.82) is 0 Å². The quantitative estimate of drug-likeness (QED) is 0.589. The third-order valence-electron chi connectivity index (χ3n) is 1.46. The normalized spacial score (nSPS) is 18.9. The van der Waals surface area contributed by atoms with Crippen molar-refractivity contribution < 1.29 is 0 Å². The Morgan fingerprint density at radius 3 is 2.89 bits per heavy atom. The standard InChI is InChI=1S/C8H10Br/c1-2-7-5-3-4-6-8(7)9/h3-5H,2,6H2,1H3. The Kier molecular flexibility index (Phi) is 2.52. The van der Waals surface area contributed by atoms with Crippen molar-refractivity contribution in [3.05, 3.63) is 28.6 Å². The SMILES string of the molecule is CCC1=C(Br)C[CH]C=C1. The number of rotatable bonds is 1. The van der Waals surface area contributed by atoms with Gasteiger partial charge in [-0.15, -0.1) is 0 Å². The summed E-state index contributed by atoms with van der Waals surface area (Å²) < 4.78 is 1.34. The lowest BCUT2D eigenvalue weighted by atomic mass is 10.1. The molecule has 1 aliphatic carbocycles. The number of hydrogen-bond donors (Lipinski definition) is 0. The average Bonchev–Trinajstić information content (AvgIpc) is 1.89. The smallest absolute Gasteiger partial charge is 0.00115 e. The molecule has 0 fully saturated rings. The van der Waals surface area contributed by atoms with Crippen LogP contribution in [0, 0.1) is 6.42 Å². The van der Waals surface area contributed by atoms with Crippen molar-refractivity contribution in [2.24, 2.45) is 0 Å². The highest BCUT2D eigenvalue weighted by molar-refractivity contribution is 9.11. The Morgan fingerprint density at radius 2 is 2.44 bits per heavy atom. The Bertz CT molecular complexity index is 154.